The molecule has 0 radical (unpaired) electrons. The fraction of sp³-hybridized carbons (Fsp3) is 0.111. The lowest BCUT2D eigenvalue weighted by molar-refractivity contribution is 0.602. The van der Waals surface area contributed by atoms with E-state index in [9.17, 15) is 8.42 Å². The molecule has 2 rings (SSSR count). The second-order valence-electron chi connectivity index (χ2n) is 3.52. The van der Waals surface area contributed by atoms with E-state index in [4.69, 9.17) is 11.5 Å². The van der Waals surface area contributed by atoms with Crippen LogP contribution in [0.15, 0.2) is 23.2 Å². The van der Waals surface area contributed by atoms with Crippen LogP contribution in [0.25, 0.3) is 11.4 Å². The molecule has 5 N–H and O–H groups in total. The molecule has 0 aliphatic heterocycles. The third-order valence-electron chi connectivity index (χ3n) is 2.24. The standard InChI is InChI=1S/C9H11N5O2S/c1-17(15,16)5-3-2-4-12-7(5)8-6(10)9(11)14-13-8/h2-4H,10H2,1H3,(H3,11,13,14). The monoisotopic (exact) mass is 253 g/mol. The number of pyridine rings is 1. The quantitative estimate of drug-likeness (QED) is 0.693. The van der Waals surface area contributed by atoms with E-state index in [-0.39, 0.29) is 22.1 Å². The lowest BCUT2D eigenvalue weighted by atomic mass is 10.2. The Morgan fingerprint density at radius 3 is 2.59 bits per heavy atom. The van der Waals surface area contributed by atoms with Crippen molar-refractivity contribution in [3.63, 3.8) is 0 Å². The Balaban J connectivity index is 2.73. The minimum atomic E-state index is -3.40. The van der Waals surface area contributed by atoms with Gasteiger partial charge in [0.15, 0.2) is 15.7 Å². The molecule has 8 heteroatoms. The van der Waals surface area contributed by atoms with Crippen LogP contribution in [0.5, 0.6) is 0 Å². The van der Waals surface area contributed by atoms with Gasteiger partial charge in [-0.05, 0) is 12.1 Å². The van der Waals surface area contributed by atoms with Crippen LogP contribution in [0.1, 0.15) is 0 Å². The summed E-state index contributed by atoms with van der Waals surface area (Å²) in [4.78, 5) is 4.08. The zero-order valence-electron chi connectivity index (χ0n) is 9.01. The summed E-state index contributed by atoms with van der Waals surface area (Å²) in [5.41, 5.74) is 11.9. The van der Waals surface area contributed by atoms with Crippen LogP contribution in [0.2, 0.25) is 0 Å². The number of anilines is 2. The van der Waals surface area contributed by atoms with Crippen LogP contribution in [-0.4, -0.2) is 29.9 Å². The fourth-order valence-electron chi connectivity index (χ4n) is 1.42. The minimum Gasteiger partial charge on any atom is -0.394 e. The highest BCUT2D eigenvalue weighted by Gasteiger charge is 2.19. The van der Waals surface area contributed by atoms with Crippen molar-refractivity contribution in [2.24, 2.45) is 0 Å². The van der Waals surface area contributed by atoms with E-state index in [1.807, 2.05) is 0 Å². The Labute approximate surface area is 97.8 Å². The summed E-state index contributed by atoms with van der Waals surface area (Å²) in [6.07, 6.45) is 2.57. The van der Waals surface area contributed by atoms with Gasteiger partial charge in [-0.25, -0.2) is 8.42 Å². The second-order valence-corrected chi connectivity index (χ2v) is 5.50. The maximum atomic E-state index is 11.6. The van der Waals surface area contributed by atoms with Gasteiger partial charge in [-0.3, -0.25) is 10.1 Å². The minimum absolute atomic E-state index is 0.0790. The van der Waals surface area contributed by atoms with E-state index in [0.717, 1.165) is 6.26 Å². The van der Waals surface area contributed by atoms with E-state index in [0.29, 0.717) is 5.69 Å². The summed E-state index contributed by atoms with van der Waals surface area (Å²) in [7, 11) is -3.40. The van der Waals surface area contributed by atoms with Gasteiger partial charge in [-0.1, -0.05) is 0 Å². The van der Waals surface area contributed by atoms with Crippen molar-refractivity contribution in [1.29, 1.82) is 0 Å². The summed E-state index contributed by atoms with van der Waals surface area (Å²) in [6, 6.07) is 2.99. The van der Waals surface area contributed by atoms with Gasteiger partial charge in [0.25, 0.3) is 0 Å². The molecular weight excluding hydrogens is 242 g/mol. The Morgan fingerprint density at radius 2 is 2.06 bits per heavy atom. The van der Waals surface area contributed by atoms with Crippen molar-refractivity contribution in [2.75, 3.05) is 17.7 Å². The number of aromatic amines is 1. The molecule has 2 aromatic rings. The average Bonchev–Trinajstić information content (AvgIpc) is 2.59. The lowest BCUT2D eigenvalue weighted by Crippen LogP contribution is -2.03. The normalized spacial score (nSPS) is 11.6. The van der Waals surface area contributed by atoms with Crippen LogP contribution >= 0.6 is 0 Å². The van der Waals surface area contributed by atoms with E-state index < -0.39 is 9.84 Å². The second kappa shape index (κ2) is 3.74. The van der Waals surface area contributed by atoms with Crippen molar-refractivity contribution < 1.29 is 8.42 Å². The number of hydrogen-bond acceptors (Lipinski definition) is 6. The number of nitrogens with one attached hydrogen (secondary N) is 1. The molecule has 0 aliphatic rings. The molecule has 7 nitrogen and oxygen atoms in total. The number of sulfone groups is 1. The summed E-state index contributed by atoms with van der Waals surface area (Å²) >= 11 is 0. The first-order valence-electron chi connectivity index (χ1n) is 4.66. The van der Waals surface area contributed by atoms with Gasteiger partial charge in [0.05, 0.1) is 4.90 Å². The topological polar surface area (TPSA) is 128 Å². The van der Waals surface area contributed by atoms with Crippen LogP contribution in [0.4, 0.5) is 11.5 Å². The van der Waals surface area contributed by atoms with Gasteiger partial charge < -0.3 is 11.5 Å². The van der Waals surface area contributed by atoms with Crippen molar-refractivity contribution in [3.8, 4) is 11.4 Å². The highest BCUT2D eigenvalue weighted by Crippen LogP contribution is 2.30. The molecular formula is C9H11N5O2S. The van der Waals surface area contributed by atoms with E-state index in [1.165, 1.54) is 18.3 Å². The van der Waals surface area contributed by atoms with Crippen molar-refractivity contribution in [2.45, 2.75) is 4.90 Å². The Kier molecular flexibility index (Phi) is 2.50. The Morgan fingerprint density at radius 1 is 1.35 bits per heavy atom. The number of rotatable bonds is 2. The summed E-state index contributed by atoms with van der Waals surface area (Å²) in [5.74, 6) is 0.116. The zero-order valence-corrected chi connectivity index (χ0v) is 9.82. The third kappa shape index (κ3) is 1.94. The van der Waals surface area contributed by atoms with Crippen LogP contribution < -0.4 is 11.5 Å². The molecule has 0 spiro atoms. The number of H-pyrrole nitrogens is 1. The van der Waals surface area contributed by atoms with Gasteiger partial charge >= 0.3 is 0 Å². The first-order valence-corrected chi connectivity index (χ1v) is 6.55. The molecule has 0 aromatic carbocycles. The molecule has 0 amide bonds. The lowest BCUT2D eigenvalue weighted by Gasteiger charge is -2.05. The first-order chi connectivity index (χ1) is 7.91. The van der Waals surface area contributed by atoms with Crippen molar-refractivity contribution in [3.05, 3.63) is 18.3 Å². The SMILES string of the molecule is CS(=O)(=O)c1cccnc1-c1[nH]nc(N)c1N. The molecule has 0 saturated heterocycles. The Bertz CT molecular complexity index is 662. The molecule has 90 valence electrons. The third-order valence-corrected chi connectivity index (χ3v) is 3.37. The molecule has 2 aromatic heterocycles. The highest BCUT2D eigenvalue weighted by atomic mass is 32.2. The smallest absolute Gasteiger partial charge is 0.177 e. The number of nitrogen functional groups attached to an aromatic ring is 2. The maximum absolute atomic E-state index is 11.6. The van der Waals surface area contributed by atoms with Crippen LogP contribution in [0.3, 0.4) is 0 Å². The molecule has 0 bridgehead atoms. The van der Waals surface area contributed by atoms with Gasteiger partial charge in [0, 0.05) is 12.5 Å². The van der Waals surface area contributed by atoms with Crippen LogP contribution in [-0.2, 0) is 9.84 Å². The molecule has 17 heavy (non-hydrogen) atoms. The zero-order chi connectivity index (χ0) is 12.6. The van der Waals surface area contributed by atoms with Crippen LogP contribution in [0, 0.1) is 0 Å². The maximum Gasteiger partial charge on any atom is 0.177 e. The first kappa shape index (κ1) is 11.4. The molecule has 2 heterocycles. The van der Waals surface area contributed by atoms with Gasteiger partial charge in [0.2, 0.25) is 0 Å². The predicted octanol–water partition coefficient (Wildman–Crippen LogP) is 0.0396. The van der Waals surface area contributed by atoms with Crippen molar-refractivity contribution in [1.82, 2.24) is 15.2 Å². The van der Waals surface area contributed by atoms with Gasteiger partial charge in [-0.15, -0.1) is 0 Å². The predicted molar refractivity (Wildman–Crippen MR) is 63.8 cm³/mol. The average molecular weight is 253 g/mol. The number of nitrogens with two attached hydrogens (primary N) is 2. The van der Waals surface area contributed by atoms with E-state index >= 15 is 0 Å². The molecule has 0 atom stereocenters. The van der Waals surface area contributed by atoms with Gasteiger partial charge in [0.1, 0.15) is 17.1 Å². The van der Waals surface area contributed by atoms with Gasteiger partial charge in [-0.2, -0.15) is 5.10 Å². The molecule has 0 saturated carbocycles. The van der Waals surface area contributed by atoms with E-state index in [2.05, 4.69) is 15.2 Å². The van der Waals surface area contributed by atoms with Crippen molar-refractivity contribution >= 4 is 21.3 Å². The number of aromatic nitrogens is 3. The van der Waals surface area contributed by atoms with E-state index in [1.54, 1.807) is 0 Å². The fourth-order valence-corrected chi connectivity index (χ4v) is 2.25. The number of hydrogen-bond donors (Lipinski definition) is 3. The Hall–Kier alpha value is -2.09. The summed E-state index contributed by atoms with van der Waals surface area (Å²) < 4.78 is 23.2. The summed E-state index contributed by atoms with van der Waals surface area (Å²) in [5, 5.41) is 6.28. The molecule has 0 fully saturated rings. The molecule has 0 unspecified atom stereocenters. The highest BCUT2D eigenvalue weighted by molar-refractivity contribution is 7.90. The largest absolute Gasteiger partial charge is 0.394 e. The summed E-state index contributed by atoms with van der Waals surface area (Å²) in [6.45, 7) is 0. The number of nitrogens with zero attached hydrogens (tertiary/aromatic N) is 2. The molecule has 0 aliphatic carbocycles.